The Labute approximate surface area is 249 Å². The number of hydrogen-bond donors (Lipinski definition) is 4. The van der Waals surface area contributed by atoms with Gasteiger partial charge in [-0.1, -0.05) is 29.8 Å². The molecule has 2 aliphatic heterocycles. The van der Waals surface area contributed by atoms with Crippen molar-refractivity contribution < 1.29 is 19.3 Å². The molecule has 1 aromatic carbocycles. The van der Waals surface area contributed by atoms with Gasteiger partial charge in [0.15, 0.2) is 5.82 Å². The number of benzene rings is 1. The number of ether oxygens (including phenoxy) is 3. The highest BCUT2D eigenvalue weighted by atomic mass is 35.5. The highest BCUT2D eigenvalue weighted by Crippen LogP contribution is 2.46. The molecule has 0 bridgehead atoms. The van der Waals surface area contributed by atoms with Crippen LogP contribution in [-0.2, 0) is 4.74 Å². The van der Waals surface area contributed by atoms with Gasteiger partial charge in [-0.2, -0.15) is 0 Å². The van der Waals surface area contributed by atoms with Gasteiger partial charge >= 0.3 is 0 Å². The molecule has 4 N–H and O–H groups in total. The van der Waals surface area contributed by atoms with Gasteiger partial charge in [0.05, 0.1) is 55.3 Å². The highest BCUT2D eigenvalue weighted by Gasteiger charge is 2.30. The lowest BCUT2D eigenvalue weighted by molar-refractivity contribution is 0.149. The molecule has 0 radical (unpaired) electrons. The smallest absolute Gasteiger partial charge is 0.223 e. The quantitative estimate of drug-likeness (QED) is 0.189. The number of pyridine rings is 1. The predicted molar refractivity (Wildman–Crippen MR) is 161 cm³/mol. The van der Waals surface area contributed by atoms with Crippen LogP contribution in [0.5, 0.6) is 11.5 Å². The SMILES string of the molecule is C=CC(O)N[C@H]1COC[C@H]1Nc1ncc2cc(-c3c(Cl)c(OC)cc(OC)c3Cl)nc(NCC3CCCN3C)c2n1. The molecule has 2 saturated heterocycles. The van der Waals surface area contributed by atoms with E-state index in [0.717, 1.165) is 24.8 Å². The van der Waals surface area contributed by atoms with Crippen LogP contribution in [0.4, 0.5) is 11.8 Å². The first kappa shape index (κ1) is 29.6. The lowest BCUT2D eigenvalue weighted by atomic mass is 10.1. The van der Waals surface area contributed by atoms with Crippen molar-refractivity contribution in [2.75, 3.05) is 58.2 Å². The molecule has 11 nitrogen and oxygen atoms in total. The van der Waals surface area contributed by atoms with Crippen molar-refractivity contribution in [3.05, 3.63) is 41.0 Å². The number of aliphatic hydroxyl groups excluding tert-OH is 1. The molecule has 0 aliphatic carbocycles. The number of aliphatic hydroxyl groups is 1. The number of halogens is 2. The van der Waals surface area contributed by atoms with Crippen LogP contribution in [0, 0.1) is 0 Å². The molecule has 3 aromatic rings. The maximum atomic E-state index is 9.97. The largest absolute Gasteiger partial charge is 0.495 e. The summed E-state index contributed by atoms with van der Waals surface area (Å²) < 4.78 is 16.6. The number of likely N-dealkylation sites (N-methyl/N-ethyl adjacent to an activating group) is 1. The summed E-state index contributed by atoms with van der Waals surface area (Å²) >= 11 is 13.5. The van der Waals surface area contributed by atoms with E-state index in [0.29, 0.717) is 75.9 Å². The van der Waals surface area contributed by atoms with Gasteiger partial charge in [-0.3, -0.25) is 5.32 Å². The van der Waals surface area contributed by atoms with E-state index in [-0.39, 0.29) is 12.1 Å². The molecule has 2 unspecified atom stereocenters. The molecular weight excluding hydrogens is 569 g/mol. The second kappa shape index (κ2) is 12.9. The first-order valence-corrected chi connectivity index (χ1v) is 14.2. The first-order valence-electron chi connectivity index (χ1n) is 13.5. The third kappa shape index (κ3) is 6.30. The van der Waals surface area contributed by atoms with E-state index in [9.17, 15) is 5.11 Å². The molecule has 0 saturated carbocycles. The zero-order chi connectivity index (χ0) is 29.1. The zero-order valence-electron chi connectivity index (χ0n) is 23.3. The molecular formula is C28H35Cl2N7O4. The van der Waals surface area contributed by atoms with Crippen molar-refractivity contribution in [1.29, 1.82) is 0 Å². The van der Waals surface area contributed by atoms with Crippen molar-refractivity contribution >= 4 is 45.9 Å². The van der Waals surface area contributed by atoms with Crippen LogP contribution in [0.3, 0.4) is 0 Å². The van der Waals surface area contributed by atoms with E-state index in [1.807, 2.05) is 6.07 Å². The number of aromatic nitrogens is 3. The monoisotopic (exact) mass is 603 g/mol. The summed E-state index contributed by atoms with van der Waals surface area (Å²) in [6.45, 7) is 6.25. The minimum absolute atomic E-state index is 0.148. The van der Waals surface area contributed by atoms with E-state index in [1.54, 1.807) is 12.3 Å². The minimum Gasteiger partial charge on any atom is -0.495 e. The summed E-state index contributed by atoms with van der Waals surface area (Å²) in [5, 5.41) is 21.3. The Morgan fingerprint density at radius 2 is 1.90 bits per heavy atom. The van der Waals surface area contributed by atoms with Gasteiger partial charge in [0.1, 0.15) is 23.2 Å². The highest BCUT2D eigenvalue weighted by molar-refractivity contribution is 6.41. The molecule has 220 valence electrons. The first-order chi connectivity index (χ1) is 19.8. The fourth-order valence-corrected chi connectivity index (χ4v) is 5.93. The number of nitrogens with zero attached hydrogens (tertiary/aromatic N) is 4. The lowest BCUT2D eigenvalue weighted by Crippen LogP contribution is -2.47. The van der Waals surface area contributed by atoms with Crippen LogP contribution in [-0.4, -0.2) is 96.9 Å². The molecule has 2 fully saturated rings. The summed E-state index contributed by atoms with van der Waals surface area (Å²) in [6, 6.07) is 3.57. The summed E-state index contributed by atoms with van der Waals surface area (Å²) in [5.74, 6) is 1.84. The molecule has 0 spiro atoms. The minimum atomic E-state index is -0.843. The van der Waals surface area contributed by atoms with E-state index in [2.05, 4.69) is 39.5 Å². The molecule has 41 heavy (non-hydrogen) atoms. The average molecular weight is 605 g/mol. The fourth-order valence-electron chi connectivity index (χ4n) is 5.24. The second-order valence-electron chi connectivity index (χ2n) is 10.2. The Morgan fingerprint density at radius 1 is 1.17 bits per heavy atom. The van der Waals surface area contributed by atoms with E-state index >= 15 is 0 Å². The van der Waals surface area contributed by atoms with Crippen molar-refractivity contribution in [3.8, 4) is 22.8 Å². The molecule has 0 amide bonds. The maximum absolute atomic E-state index is 9.97. The summed E-state index contributed by atoms with van der Waals surface area (Å²) in [5.41, 5.74) is 1.67. The van der Waals surface area contributed by atoms with Gasteiger partial charge in [-0.15, -0.1) is 0 Å². The molecule has 13 heteroatoms. The van der Waals surface area contributed by atoms with Crippen molar-refractivity contribution in [2.24, 2.45) is 0 Å². The normalized spacial score (nSPS) is 21.7. The van der Waals surface area contributed by atoms with Crippen molar-refractivity contribution in [3.63, 3.8) is 0 Å². The van der Waals surface area contributed by atoms with Gasteiger partial charge < -0.3 is 34.9 Å². The number of hydrogen-bond acceptors (Lipinski definition) is 11. The number of rotatable bonds is 11. The van der Waals surface area contributed by atoms with E-state index in [1.165, 1.54) is 20.3 Å². The Bertz CT molecular complexity index is 1380. The van der Waals surface area contributed by atoms with Crippen molar-refractivity contribution in [2.45, 2.75) is 37.2 Å². The molecule has 2 aliphatic rings. The molecule has 2 aromatic heterocycles. The van der Waals surface area contributed by atoms with Gasteiger partial charge in [0, 0.05) is 35.8 Å². The van der Waals surface area contributed by atoms with E-state index in [4.69, 9.17) is 47.4 Å². The standard InChI is InChI=1S/C28H35Cl2N7O4/c1-5-22(38)33-18-13-41-14-19(18)35-28-32-11-15-9-17(23-24(29)20(39-3)10-21(40-4)25(23)30)34-27(26(15)36-28)31-12-16-7-6-8-37(16)2/h5,9-11,16,18-19,22,33,38H,1,6-8,12-14H2,2-4H3,(H,31,34)(H,32,35,36)/t16?,18-,19+,22?/m0/s1. The average Bonchev–Trinajstić information content (AvgIpc) is 3.59. The Morgan fingerprint density at radius 3 is 2.56 bits per heavy atom. The summed E-state index contributed by atoms with van der Waals surface area (Å²) in [4.78, 5) is 16.7. The predicted octanol–water partition coefficient (Wildman–Crippen LogP) is 3.80. The fraction of sp³-hybridized carbons (Fsp3) is 0.464. The molecule has 4 heterocycles. The number of anilines is 2. The van der Waals surface area contributed by atoms with Crippen LogP contribution < -0.4 is 25.4 Å². The van der Waals surface area contributed by atoms with Gasteiger partial charge in [-0.05, 0) is 38.6 Å². The van der Waals surface area contributed by atoms with Gasteiger partial charge in [-0.25, -0.2) is 15.0 Å². The Kier molecular flexibility index (Phi) is 9.32. The topological polar surface area (TPSA) is 126 Å². The van der Waals surface area contributed by atoms with Gasteiger partial charge in [0.2, 0.25) is 5.95 Å². The van der Waals surface area contributed by atoms with Crippen LogP contribution in [0.15, 0.2) is 31.0 Å². The van der Waals surface area contributed by atoms with Gasteiger partial charge in [0.25, 0.3) is 0 Å². The Balaban J connectivity index is 1.54. The van der Waals surface area contributed by atoms with Crippen LogP contribution in [0.25, 0.3) is 22.2 Å². The third-order valence-corrected chi connectivity index (χ3v) is 8.33. The Hall–Kier alpha value is -2.93. The number of methoxy groups -OCH3 is 2. The maximum Gasteiger partial charge on any atom is 0.223 e. The second-order valence-corrected chi connectivity index (χ2v) is 10.9. The lowest BCUT2D eigenvalue weighted by Gasteiger charge is -2.23. The molecule has 4 atom stereocenters. The number of likely N-dealkylation sites (tertiary alicyclic amines) is 1. The number of fused-ring (bicyclic) bond motifs is 1. The third-order valence-electron chi connectivity index (χ3n) is 7.58. The number of nitrogens with one attached hydrogen (secondary N) is 3. The summed E-state index contributed by atoms with van der Waals surface area (Å²) in [6.07, 6.45) is 4.58. The summed E-state index contributed by atoms with van der Waals surface area (Å²) in [7, 11) is 5.20. The van der Waals surface area contributed by atoms with Crippen molar-refractivity contribution in [1.82, 2.24) is 25.2 Å². The van der Waals surface area contributed by atoms with Crippen LogP contribution in [0.1, 0.15) is 12.8 Å². The zero-order valence-corrected chi connectivity index (χ0v) is 24.8. The molecule has 5 rings (SSSR count). The van der Waals surface area contributed by atoms with Crippen LogP contribution in [0.2, 0.25) is 10.0 Å². The van der Waals surface area contributed by atoms with Crippen LogP contribution >= 0.6 is 23.2 Å². The van der Waals surface area contributed by atoms with E-state index < -0.39 is 6.23 Å².